The van der Waals surface area contributed by atoms with Crippen LogP contribution in [0.5, 0.6) is 0 Å². The first-order chi connectivity index (χ1) is 15.4. The van der Waals surface area contributed by atoms with E-state index in [0.29, 0.717) is 22.5 Å². The van der Waals surface area contributed by atoms with E-state index in [1.165, 1.54) is 29.1 Å². The van der Waals surface area contributed by atoms with Gasteiger partial charge in [-0.2, -0.15) is 0 Å². The van der Waals surface area contributed by atoms with Gasteiger partial charge >= 0.3 is 0 Å². The van der Waals surface area contributed by atoms with Crippen molar-refractivity contribution < 1.29 is 25.6 Å². The van der Waals surface area contributed by atoms with Crippen molar-refractivity contribution in [2.24, 2.45) is 0 Å². The number of imidazole rings is 1. The third-order valence-electron chi connectivity index (χ3n) is 5.90. The number of fused-ring (bicyclic) bond motifs is 1. The maximum atomic E-state index is 13.1. The fraction of sp³-hybridized carbons (Fsp3) is 0.500. The lowest BCUT2D eigenvalue weighted by Gasteiger charge is -2.40. The number of sulfonamides is 1. The van der Waals surface area contributed by atoms with E-state index in [9.17, 15) is 25.6 Å². The van der Waals surface area contributed by atoms with Gasteiger partial charge in [0.05, 0.1) is 22.7 Å². The van der Waals surface area contributed by atoms with Crippen LogP contribution in [-0.4, -0.2) is 66.6 Å². The Labute approximate surface area is 192 Å². The van der Waals surface area contributed by atoms with Crippen molar-refractivity contribution in [3.8, 4) is 10.8 Å². The summed E-state index contributed by atoms with van der Waals surface area (Å²) >= 11 is 0.671. The van der Waals surface area contributed by atoms with Gasteiger partial charge in [0.2, 0.25) is 10.0 Å². The Morgan fingerprint density at radius 3 is 2.48 bits per heavy atom. The first kappa shape index (κ1) is 22.6. The molecule has 33 heavy (non-hydrogen) atoms. The summed E-state index contributed by atoms with van der Waals surface area (Å²) in [6.07, 6.45) is 2.67. The zero-order valence-electron chi connectivity index (χ0n) is 17.6. The van der Waals surface area contributed by atoms with Gasteiger partial charge in [-0.3, -0.25) is 4.40 Å². The van der Waals surface area contributed by atoms with E-state index in [1.54, 1.807) is 4.90 Å². The highest BCUT2D eigenvalue weighted by atomic mass is 32.2. The van der Waals surface area contributed by atoms with Crippen LogP contribution in [0.1, 0.15) is 31.2 Å². The normalized spacial score (nSPS) is 18.8. The van der Waals surface area contributed by atoms with Gasteiger partial charge in [0, 0.05) is 31.1 Å². The second-order valence-electron chi connectivity index (χ2n) is 8.67. The highest BCUT2D eigenvalue weighted by Gasteiger charge is 2.42. The Morgan fingerprint density at radius 1 is 1.21 bits per heavy atom. The number of pyridine rings is 1. The highest BCUT2D eigenvalue weighted by Crippen LogP contribution is 2.38. The molecule has 1 aliphatic carbocycles. The quantitative estimate of drug-likeness (QED) is 0.502. The van der Waals surface area contributed by atoms with Crippen LogP contribution in [0.2, 0.25) is 0 Å². The molecule has 1 aliphatic heterocycles. The van der Waals surface area contributed by atoms with Crippen LogP contribution in [0.3, 0.4) is 0 Å². The van der Waals surface area contributed by atoms with Gasteiger partial charge in [0.25, 0.3) is 6.43 Å². The van der Waals surface area contributed by atoms with Crippen molar-refractivity contribution >= 4 is 42.4 Å². The molecule has 1 saturated carbocycles. The lowest BCUT2D eigenvalue weighted by atomic mass is 10.1. The van der Waals surface area contributed by atoms with Gasteiger partial charge in [-0.05, 0) is 25.8 Å². The number of halogens is 2. The van der Waals surface area contributed by atoms with Crippen molar-refractivity contribution in [2.75, 3.05) is 24.2 Å². The zero-order chi connectivity index (χ0) is 23.8. The van der Waals surface area contributed by atoms with Crippen molar-refractivity contribution in [1.82, 2.24) is 24.3 Å². The Hall–Kier alpha value is -2.23. The van der Waals surface area contributed by atoms with Crippen LogP contribution >= 0.6 is 11.3 Å². The van der Waals surface area contributed by atoms with Gasteiger partial charge in [0.15, 0.2) is 25.7 Å². The summed E-state index contributed by atoms with van der Waals surface area (Å²) in [4.78, 5) is 6.00. The Balaban J connectivity index is 1.63. The molecule has 0 aromatic carbocycles. The van der Waals surface area contributed by atoms with Crippen LogP contribution in [0, 0.1) is 0 Å². The minimum absolute atomic E-state index is 0.0428. The van der Waals surface area contributed by atoms with Gasteiger partial charge in [-0.25, -0.2) is 35.3 Å². The molecule has 2 aliphatic rings. The maximum Gasteiger partial charge on any atom is 0.291 e. The third-order valence-corrected chi connectivity index (χ3v) is 9.94. The number of hydrogen-bond acceptors (Lipinski definition) is 9. The Bertz CT molecular complexity index is 1460. The van der Waals surface area contributed by atoms with Crippen molar-refractivity contribution in [3.05, 3.63) is 23.5 Å². The summed E-state index contributed by atoms with van der Waals surface area (Å²) < 4.78 is 80.2. The number of alkyl halides is 2. The number of rotatable bonds is 7. The average Bonchev–Trinajstić information content (AvgIpc) is 3.07. The first-order valence-corrected chi connectivity index (χ1v) is 14.2. The standard InChI is InChI=1S/C18H20F2N6O4S3/c1-18(3-4-18)24-33(29,30)10-5-12(25-7-11(8-25)32(2,27)28)13-6-21-15(26(13)9-10)17-23-22-16(31-17)14(19)20/h5-6,9,11,14,24H,3-4,7-8H2,1-2H3. The topological polar surface area (TPSA) is 127 Å². The molecule has 0 atom stereocenters. The molecule has 0 amide bonds. The van der Waals surface area contributed by atoms with E-state index in [2.05, 4.69) is 19.9 Å². The first-order valence-electron chi connectivity index (χ1n) is 9.97. The van der Waals surface area contributed by atoms with E-state index < -0.39 is 42.1 Å². The van der Waals surface area contributed by atoms with Crippen LogP contribution in [-0.2, 0) is 19.9 Å². The molecule has 1 saturated heterocycles. The number of anilines is 1. The van der Waals surface area contributed by atoms with Gasteiger partial charge < -0.3 is 4.90 Å². The number of nitrogens with zero attached hydrogens (tertiary/aromatic N) is 5. The third kappa shape index (κ3) is 4.11. The van der Waals surface area contributed by atoms with E-state index in [0.717, 1.165) is 12.8 Å². The SMILES string of the molecule is CC1(NS(=O)(=O)c2cc(N3CC(S(C)(=O)=O)C3)c3cnc(-c4nnc(C(F)F)s4)n3c2)CC1. The average molecular weight is 519 g/mol. The second kappa shape index (κ2) is 7.38. The molecule has 0 bridgehead atoms. The molecule has 3 aromatic heterocycles. The fourth-order valence-electron chi connectivity index (χ4n) is 3.60. The van der Waals surface area contributed by atoms with E-state index in [-0.39, 0.29) is 28.8 Å². The van der Waals surface area contributed by atoms with Crippen LogP contribution in [0.4, 0.5) is 14.5 Å². The smallest absolute Gasteiger partial charge is 0.291 e. The van der Waals surface area contributed by atoms with E-state index in [1.807, 2.05) is 6.92 Å². The number of nitrogens with one attached hydrogen (secondary N) is 1. The van der Waals surface area contributed by atoms with E-state index in [4.69, 9.17) is 0 Å². The molecule has 10 nitrogen and oxygen atoms in total. The van der Waals surface area contributed by atoms with Crippen molar-refractivity contribution in [1.29, 1.82) is 0 Å². The molecule has 2 fully saturated rings. The summed E-state index contributed by atoms with van der Waals surface area (Å²) in [5, 5.41) is 6.37. The monoisotopic (exact) mass is 518 g/mol. The van der Waals surface area contributed by atoms with Crippen LogP contribution in [0.25, 0.3) is 16.3 Å². The van der Waals surface area contributed by atoms with Gasteiger partial charge in [0.1, 0.15) is 4.90 Å². The molecule has 0 radical (unpaired) electrons. The molecule has 4 heterocycles. The zero-order valence-corrected chi connectivity index (χ0v) is 20.0. The maximum absolute atomic E-state index is 13.1. The lowest BCUT2D eigenvalue weighted by molar-refractivity contribution is 0.150. The number of aromatic nitrogens is 4. The van der Waals surface area contributed by atoms with Crippen LogP contribution < -0.4 is 9.62 Å². The largest absolute Gasteiger partial charge is 0.367 e. The molecule has 0 unspecified atom stereocenters. The summed E-state index contributed by atoms with van der Waals surface area (Å²) in [7, 11) is -7.15. The summed E-state index contributed by atoms with van der Waals surface area (Å²) in [6, 6.07) is 1.48. The van der Waals surface area contributed by atoms with Gasteiger partial charge in [-0.15, -0.1) is 10.2 Å². The summed E-state index contributed by atoms with van der Waals surface area (Å²) in [5.74, 6) is 0.172. The highest BCUT2D eigenvalue weighted by molar-refractivity contribution is 7.91. The molecule has 1 N–H and O–H groups in total. The molecular weight excluding hydrogens is 498 g/mol. The van der Waals surface area contributed by atoms with Crippen LogP contribution in [0.15, 0.2) is 23.4 Å². The molecule has 3 aromatic rings. The summed E-state index contributed by atoms with van der Waals surface area (Å²) in [5.41, 5.74) is 0.480. The second-order valence-corrected chi connectivity index (χ2v) is 13.7. The predicted octanol–water partition coefficient (Wildman–Crippen LogP) is 1.85. The minimum atomic E-state index is -3.91. The molecule has 178 valence electrons. The molecule has 0 spiro atoms. The Kier molecular flexibility index (Phi) is 5.05. The minimum Gasteiger partial charge on any atom is -0.367 e. The predicted molar refractivity (Wildman–Crippen MR) is 118 cm³/mol. The van der Waals surface area contributed by atoms with E-state index >= 15 is 0 Å². The molecule has 15 heteroatoms. The molecular formula is C18H20F2N6O4S3. The molecule has 5 rings (SSSR count). The van der Waals surface area contributed by atoms with Crippen molar-refractivity contribution in [2.45, 2.75) is 41.9 Å². The van der Waals surface area contributed by atoms with Gasteiger partial charge in [-0.1, -0.05) is 11.3 Å². The lowest BCUT2D eigenvalue weighted by Crippen LogP contribution is -2.54. The summed E-state index contributed by atoms with van der Waals surface area (Å²) in [6.45, 7) is 2.22. The number of hydrogen-bond donors (Lipinski definition) is 1. The number of sulfone groups is 1. The fourth-order valence-corrected chi connectivity index (χ4v) is 6.68. The Morgan fingerprint density at radius 2 is 1.91 bits per heavy atom. The van der Waals surface area contributed by atoms with Crippen molar-refractivity contribution in [3.63, 3.8) is 0 Å².